The molecule has 0 aliphatic rings. The Morgan fingerprint density at radius 3 is 2.62 bits per heavy atom. The third kappa shape index (κ3) is 4.05. The number of benzene rings is 2. The maximum atomic E-state index is 13.6. The average Bonchev–Trinajstić information content (AvgIpc) is 2.47. The molecule has 2 aromatic carbocycles. The van der Waals surface area contributed by atoms with Gasteiger partial charge in [-0.2, -0.15) is 0 Å². The lowest BCUT2D eigenvalue weighted by molar-refractivity contribution is 0.170. The molecule has 2 unspecified atom stereocenters. The van der Waals surface area contributed by atoms with Crippen LogP contribution in [-0.4, -0.2) is 6.04 Å². The van der Waals surface area contributed by atoms with E-state index in [2.05, 4.69) is 22.0 Å². The zero-order valence-electron chi connectivity index (χ0n) is 12.1. The number of aryl methyl sites for hydroxylation is 1. The molecule has 2 rings (SSSR count). The van der Waals surface area contributed by atoms with Gasteiger partial charge in [-0.15, -0.1) is 0 Å². The van der Waals surface area contributed by atoms with Gasteiger partial charge in [0.25, 0.3) is 0 Å². The molecule has 0 saturated heterocycles. The molecule has 0 spiro atoms. The lowest BCUT2D eigenvalue weighted by Gasteiger charge is -2.25. The van der Waals surface area contributed by atoms with E-state index in [9.17, 15) is 4.39 Å². The highest BCUT2D eigenvalue weighted by atomic mass is 79.9. The molecule has 0 fully saturated rings. The van der Waals surface area contributed by atoms with Gasteiger partial charge in [0, 0.05) is 12.1 Å². The van der Waals surface area contributed by atoms with Crippen molar-refractivity contribution in [1.29, 1.82) is 0 Å². The van der Waals surface area contributed by atoms with E-state index in [1.807, 2.05) is 32.0 Å². The normalized spacial score (nSPS) is 13.8. The molecule has 2 atom stereocenters. The van der Waals surface area contributed by atoms with Crippen molar-refractivity contribution in [2.45, 2.75) is 32.4 Å². The van der Waals surface area contributed by atoms with Crippen LogP contribution in [0.15, 0.2) is 46.9 Å². The maximum Gasteiger partial charge on any atom is 0.141 e. The van der Waals surface area contributed by atoms with Crippen molar-refractivity contribution in [2.75, 3.05) is 0 Å². The molecular weight excluding hydrogens is 333 g/mol. The monoisotopic (exact) mass is 351 g/mol. The lowest BCUT2D eigenvalue weighted by Crippen LogP contribution is -2.31. The summed E-state index contributed by atoms with van der Waals surface area (Å²) in [5.41, 5.74) is 8.34. The number of nitrogens with two attached hydrogens (primary N) is 1. The summed E-state index contributed by atoms with van der Waals surface area (Å²) in [7, 11) is 0. The van der Waals surface area contributed by atoms with Crippen LogP contribution in [0.3, 0.4) is 0 Å². The van der Waals surface area contributed by atoms with Gasteiger partial charge in [-0.05, 0) is 47.0 Å². The van der Waals surface area contributed by atoms with Crippen molar-refractivity contribution < 1.29 is 9.13 Å². The topological polar surface area (TPSA) is 35.2 Å². The largest absolute Gasteiger partial charge is 0.484 e. The van der Waals surface area contributed by atoms with Gasteiger partial charge < -0.3 is 10.5 Å². The average molecular weight is 352 g/mol. The van der Waals surface area contributed by atoms with Gasteiger partial charge in [-0.3, -0.25) is 0 Å². The second-order valence-electron chi connectivity index (χ2n) is 5.10. The molecule has 0 aliphatic heterocycles. The van der Waals surface area contributed by atoms with E-state index >= 15 is 0 Å². The number of hydrogen-bond acceptors (Lipinski definition) is 2. The second kappa shape index (κ2) is 7.05. The van der Waals surface area contributed by atoms with E-state index in [0.717, 1.165) is 17.5 Å². The molecule has 2 N–H and O–H groups in total. The zero-order chi connectivity index (χ0) is 15.4. The molecule has 0 aromatic heterocycles. The molecule has 112 valence electrons. The fraction of sp³-hybridized carbons (Fsp3) is 0.294. The Morgan fingerprint density at radius 1 is 1.24 bits per heavy atom. The molecule has 0 amide bonds. The van der Waals surface area contributed by atoms with Crippen molar-refractivity contribution in [1.82, 2.24) is 0 Å². The summed E-state index contributed by atoms with van der Waals surface area (Å²) >= 11 is 3.14. The SMILES string of the molecule is CCC(N)C(Oc1ccc(Br)c(F)c1)c1cccc(C)c1. The van der Waals surface area contributed by atoms with Crippen molar-refractivity contribution in [3.63, 3.8) is 0 Å². The lowest BCUT2D eigenvalue weighted by atomic mass is 9.99. The highest BCUT2D eigenvalue weighted by Gasteiger charge is 2.21. The predicted octanol–water partition coefficient (Wildman–Crippen LogP) is 4.75. The number of ether oxygens (including phenoxy) is 1. The smallest absolute Gasteiger partial charge is 0.141 e. The fourth-order valence-corrected chi connectivity index (χ4v) is 2.41. The molecule has 0 saturated carbocycles. The quantitative estimate of drug-likeness (QED) is 0.843. The highest BCUT2D eigenvalue weighted by Crippen LogP contribution is 2.28. The van der Waals surface area contributed by atoms with Crippen LogP contribution in [0.1, 0.15) is 30.6 Å². The Labute approximate surface area is 133 Å². The maximum absolute atomic E-state index is 13.6. The van der Waals surface area contributed by atoms with Crippen LogP contribution in [0.5, 0.6) is 5.75 Å². The minimum atomic E-state index is -0.347. The van der Waals surface area contributed by atoms with E-state index < -0.39 is 0 Å². The summed E-state index contributed by atoms with van der Waals surface area (Å²) in [6.45, 7) is 4.04. The van der Waals surface area contributed by atoms with Gasteiger partial charge in [0.15, 0.2) is 0 Å². The number of rotatable bonds is 5. The Morgan fingerprint density at radius 2 is 2.00 bits per heavy atom. The van der Waals surface area contributed by atoms with E-state index in [-0.39, 0.29) is 18.0 Å². The van der Waals surface area contributed by atoms with Crippen LogP contribution in [-0.2, 0) is 0 Å². The van der Waals surface area contributed by atoms with Crippen molar-refractivity contribution in [2.24, 2.45) is 5.73 Å². The van der Waals surface area contributed by atoms with Crippen molar-refractivity contribution in [3.8, 4) is 5.75 Å². The summed E-state index contributed by atoms with van der Waals surface area (Å²) in [6.07, 6.45) is 0.480. The Kier molecular flexibility index (Phi) is 5.37. The molecule has 0 heterocycles. The molecular formula is C17H19BrFNO. The highest BCUT2D eigenvalue weighted by molar-refractivity contribution is 9.10. The molecule has 0 aliphatic carbocycles. The predicted molar refractivity (Wildman–Crippen MR) is 86.9 cm³/mol. The summed E-state index contributed by atoms with van der Waals surface area (Å²) < 4.78 is 20.0. The molecule has 0 radical (unpaired) electrons. The van der Waals surface area contributed by atoms with Gasteiger partial charge in [0.2, 0.25) is 0 Å². The minimum absolute atomic E-state index is 0.154. The molecule has 0 bridgehead atoms. The van der Waals surface area contributed by atoms with Gasteiger partial charge in [0.1, 0.15) is 17.7 Å². The Bertz CT molecular complexity index is 617. The van der Waals surface area contributed by atoms with Crippen LogP contribution >= 0.6 is 15.9 Å². The Balaban J connectivity index is 2.30. The first kappa shape index (κ1) is 16.0. The first-order valence-electron chi connectivity index (χ1n) is 6.95. The minimum Gasteiger partial charge on any atom is -0.484 e. The number of halogens is 2. The third-order valence-corrected chi connectivity index (χ3v) is 4.03. The van der Waals surface area contributed by atoms with E-state index in [4.69, 9.17) is 10.5 Å². The van der Waals surface area contributed by atoms with E-state index in [0.29, 0.717) is 10.2 Å². The standard InChI is InChI=1S/C17H19BrFNO/c1-3-16(20)17(12-6-4-5-11(2)9-12)21-13-7-8-14(18)15(19)10-13/h4-10,16-17H,3,20H2,1-2H3. The summed E-state index contributed by atoms with van der Waals surface area (Å²) in [6, 6.07) is 12.6. The van der Waals surface area contributed by atoms with Crippen LogP contribution < -0.4 is 10.5 Å². The van der Waals surface area contributed by atoms with Crippen LogP contribution in [0.25, 0.3) is 0 Å². The van der Waals surface area contributed by atoms with Crippen molar-refractivity contribution in [3.05, 3.63) is 63.9 Å². The van der Waals surface area contributed by atoms with E-state index in [1.54, 1.807) is 12.1 Å². The van der Waals surface area contributed by atoms with Gasteiger partial charge in [0.05, 0.1) is 4.47 Å². The third-order valence-electron chi connectivity index (χ3n) is 3.39. The fourth-order valence-electron chi connectivity index (χ4n) is 2.16. The van der Waals surface area contributed by atoms with E-state index in [1.165, 1.54) is 6.07 Å². The summed E-state index contributed by atoms with van der Waals surface area (Å²) in [5, 5.41) is 0. The molecule has 2 aromatic rings. The summed E-state index contributed by atoms with van der Waals surface area (Å²) in [4.78, 5) is 0. The number of hydrogen-bond donors (Lipinski definition) is 1. The second-order valence-corrected chi connectivity index (χ2v) is 5.95. The first-order valence-corrected chi connectivity index (χ1v) is 7.74. The summed E-state index contributed by atoms with van der Waals surface area (Å²) in [5.74, 6) is 0.131. The zero-order valence-corrected chi connectivity index (χ0v) is 13.7. The molecule has 21 heavy (non-hydrogen) atoms. The first-order chi connectivity index (χ1) is 10.0. The van der Waals surface area contributed by atoms with Crippen LogP contribution in [0.4, 0.5) is 4.39 Å². The van der Waals surface area contributed by atoms with Crippen LogP contribution in [0.2, 0.25) is 0 Å². The van der Waals surface area contributed by atoms with Crippen molar-refractivity contribution >= 4 is 15.9 Å². The Hall–Kier alpha value is -1.39. The van der Waals surface area contributed by atoms with Gasteiger partial charge >= 0.3 is 0 Å². The molecule has 4 heteroatoms. The molecule has 2 nitrogen and oxygen atoms in total. The van der Waals surface area contributed by atoms with Crippen LogP contribution in [0, 0.1) is 12.7 Å². The van der Waals surface area contributed by atoms with Gasteiger partial charge in [-0.25, -0.2) is 4.39 Å². The van der Waals surface area contributed by atoms with Gasteiger partial charge in [-0.1, -0.05) is 36.8 Å².